The number of aromatic nitrogens is 7. The smallest absolute Gasteiger partial charge is 0.183 e. The first-order valence-electron chi connectivity index (χ1n) is 11.7. The standard InChI is InChI=1S/C27H23N9O/c1-36(2)26-19-15-31-35-20(19)5-6-21(26)33-25-8-9-28-27(34-25)18-4-3-17-12-23(32-22(17)13-18)24(37)11-16-7-10-29-30-14-16/h3-10,12-15,32H,11H2,1-2H3,(H,31,35)(H,28,33,34). The van der Waals surface area contributed by atoms with Crippen molar-refractivity contribution >= 4 is 44.8 Å². The van der Waals surface area contributed by atoms with E-state index < -0.39 is 0 Å². The van der Waals surface area contributed by atoms with E-state index in [2.05, 4.69) is 35.7 Å². The van der Waals surface area contributed by atoms with Gasteiger partial charge in [0, 0.05) is 54.8 Å². The third-order valence-corrected chi connectivity index (χ3v) is 6.15. The minimum absolute atomic E-state index is 0.0144. The maximum absolute atomic E-state index is 12.8. The number of Topliss-reactive ketones (excluding diaryl/α,β-unsaturated/α-hetero) is 1. The molecule has 0 amide bonds. The predicted molar refractivity (Wildman–Crippen MR) is 143 cm³/mol. The quantitative estimate of drug-likeness (QED) is 0.279. The molecule has 6 aromatic rings. The highest BCUT2D eigenvalue weighted by Gasteiger charge is 2.14. The highest BCUT2D eigenvalue weighted by molar-refractivity contribution is 6.01. The lowest BCUT2D eigenvalue weighted by Gasteiger charge is -2.19. The number of rotatable bonds is 7. The molecule has 0 radical (unpaired) electrons. The van der Waals surface area contributed by atoms with Gasteiger partial charge in [-0.05, 0) is 42.0 Å². The van der Waals surface area contributed by atoms with Crippen molar-refractivity contribution in [1.82, 2.24) is 35.3 Å². The van der Waals surface area contributed by atoms with E-state index in [0.29, 0.717) is 17.3 Å². The molecule has 10 heteroatoms. The molecule has 0 bridgehead atoms. The molecule has 0 fully saturated rings. The van der Waals surface area contributed by atoms with Crippen molar-refractivity contribution in [2.45, 2.75) is 6.42 Å². The van der Waals surface area contributed by atoms with Crippen molar-refractivity contribution in [2.24, 2.45) is 0 Å². The van der Waals surface area contributed by atoms with Gasteiger partial charge in [-0.25, -0.2) is 9.97 Å². The Hall–Kier alpha value is -5.12. The van der Waals surface area contributed by atoms with E-state index in [0.717, 1.165) is 44.3 Å². The third kappa shape index (κ3) is 4.36. The van der Waals surface area contributed by atoms with Gasteiger partial charge in [0.2, 0.25) is 0 Å². The van der Waals surface area contributed by atoms with E-state index in [9.17, 15) is 4.79 Å². The number of anilines is 3. The first-order valence-corrected chi connectivity index (χ1v) is 11.7. The number of H-pyrrole nitrogens is 2. The summed E-state index contributed by atoms with van der Waals surface area (Å²) in [7, 11) is 3.99. The van der Waals surface area contributed by atoms with Gasteiger partial charge >= 0.3 is 0 Å². The fourth-order valence-electron chi connectivity index (χ4n) is 4.41. The Morgan fingerprint density at radius 2 is 1.89 bits per heavy atom. The van der Waals surface area contributed by atoms with Crippen molar-refractivity contribution in [3.63, 3.8) is 0 Å². The molecular formula is C27H23N9O. The molecule has 4 heterocycles. The molecule has 0 saturated carbocycles. The average molecular weight is 490 g/mol. The zero-order valence-corrected chi connectivity index (χ0v) is 20.2. The summed E-state index contributed by atoms with van der Waals surface area (Å²) in [5.41, 5.74) is 5.94. The fraction of sp³-hybridized carbons (Fsp3) is 0.111. The van der Waals surface area contributed by atoms with Crippen molar-refractivity contribution in [2.75, 3.05) is 24.3 Å². The molecule has 0 spiro atoms. The van der Waals surface area contributed by atoms with Crippen LogP contribution in [0.15, 0.2) is 73.3 Å². The summed E-state index contributed by atoms with van der Waals surface area (Å²) in [5, 5.41) is 20.2. The predicted octanol–water partition coefficient (Wildman–Crippen LogP) is 4.53. The maximum Gasteiger partial charge on any atom is 0.183 e. The number of nitrogens with zero attached hydrogens (tertiary/aromatic N) is 6. The zero-order valence-electron chi connectivity index (χ0n) is 20.2. The second-order valence-corrected chi connectivity index (χ2v) is 8.91. The molecule has 0 aliphatic carbocycles. The van der Waals surface area contributed by atoms with Crippen LogP contribution < -0.4 is 10.2 Å². The van der Waals surface area contributed by atoms with Crippen molar-refractivity contribution < 1.29 is 4.79 Å². The van der Waals surface area contributed by atoms with Crippen LogP contribution in [0.3, 0.4) is 0 Å². The summed E-state index contributed by atoms with van der Waals surface area (Å²) in [4.78, 5) is 27.3. The zero-order chi connectivity index (χ0) is 25.4. The van der Waals surface area contributed by atoms with Crippen LogP contribution in [0.5, 0.6) is 0 Å². The summed E-state index contributed by atoms with van der Waals surface area (Å²) >= 11 is 0. The van der Waals surface area contributed by atoms with E-state index in [1.165, 1.54) is 0 Å². The van der Waals surface area contributed by atoms with Crippen LogP contribution in [0.25, 0.3) is 33.2 Å². The minimum atomic E-state index is -0.0144. The van der Waals surface area contributed by atoms with Gasteiger partial charge in [0.25, 0.3) is 0 Å². The number of carbonyl (C=O) groups excluding carboxylic acids is 1. The molecule has 0 unspecified atom stereocenters. The Morgan fingerprint density at radius 3 is 2.73 bits per heavy atom. The molecule has 10 nitrogen and oxygen atoms in total. The monoisotopic (exact) mass is 489 g/mol. The summed E-state index contributed by atoms with van der Waals surface area (Å²) in [6.07, 6.45) is 6.99. The second kappa shape index (κ2) is 9.15. The number of fused-ring (bicyclic) bond motifs is 2. The van der Waals surface area contributed by atoms with Crippen molar-refractivity contribution in [3.05, 3.63) is 84.6 Å². The molecular weight excluding hydrogens is 466 g/mol. The van der Waals surface area contributed by atoms with Crippen LogP contribution in [-0.2, 0) is 6.42 Å². The van der Waals surface area contributed by atoms with Crippen molar-refractivity contribution in [3.8, 4) is 11.4 Å². The Kier molecular flexibility index (Phi) is 5.53. The molecule has 0 saturated heterocycles. The highest BCUT2D eigenvalue weighted by atomic mass is 16.1. The first-order chi connectivity index (χ1) is 18.0. The lowest BCUT2D eigenvalue weighted by molar-refractivity contribution is 0.0989. The molecule has 6 rings (SSSR count). The molecule has 4 aromatic heterocycles. The number of hydrogen-bond acceptors (Lipinski definition) is 8. The van der Waals surface area contributed by atoms with Gasteiger partial charge in [0.1, 0.15) is 5.82 Å². The van der Waals surface area contributed by atoms with Gasteiger partial charge in [-0.2, -0.15) is 15.3 Å². The summed E-state index contributed by atoms with van der Waals surface area (Å²) in [6, 6.07) is 15.4. The largest absolute Gasteiger partial charge is 0.375 e. The van der Waals surface area contributed by atoms with Gasteiger partial charge in [-0.1, -0.05) is 12.1 Å². The van der Waals surface area contributed by atoms with Crippen LogP contribution in [0.4, 0.5) is 17.2 Å². The number of benzene rings is 2. The molecule has 3 N–H and O–H groups in total. The van der Waals surface area contributed by atoms with Gasteiger partial charge in [-0.15, -0.1) is 0 Å². The minimum Gasteiger partial charge on any atom is -0.375 e. The molecule has 0 aliphatic rings. The maximum atomic E-state index is 12.8. The molecule has 182 valence electrons. The van der Waals surface area contributed by atoms with E-state index in [4.69, 9.17) is 4.98 Å². The van der Waals surface area contributed by atoms with Crippen molar-refractivity contribution in [1.29, 1.82) is 0 Å². The summed E-state index contributed by atoms with van der Waals surface area (Å²) in [6.45, 7) is 0. The van der Waals surface area contributed by atoms with E-state index in [1.807, 2.05) is 67.7 Å². The van der Waals surface area contributed by atoms with Gasteiger partial charge < -0.3 is 15.2 Å². The number of aromatic amines is 2. The van der Waals surface area contributed by atoms with E-state index in [1.54, 1.807) is 24.7 Å². The lowest BCUT2D eigenvalue weighted by atomic mass is 10.1. The average Bonchev–Trinajstić information content (AvgIpc) is 3.56. The van der Waals surface area contributed by atoms with Crippen LogP contribution in [0, 0.1) is 0 Å². The van der Waals surface area contributed by atoms with E-state index in [-0.39, 0.29) is 12.2 Å². The second-order valence-electron chi connectivity index (χ2n) is 8.91. The van der Waals surface area contributed by atoms with Crippen LogP contribution in [0.1, 0.15) is 16.1 Å². The Balaban J connectivity index is 1.28. The Bertz CT molecular complexity index is 1740. The normalized spacial score (nSPS) is 11.2. The Labute approximate surface area is 211 Å². The molecule has 37 heavy (non-hydrogen) atoms. The SMILES string of the molecule is CN(C)c1c(Nc2ccnc(-c3ccc4cc(C(=O)Cc5ccnnc5)[nH]c4c3)n2)ccc2[nH]ncc12. The number of nitrogens with one attached hydrogen (secondary N) is 3. The fourth-order valence-corrected chi connectivity index (χ4v) is 4.41. The third-order valence-electron chi connectivity index (χ3n) is 6.15. The van der Waals surface area contributed by atoms with Crippen LogP contribution in [-0.4, -0.2) is 55.2 Å². The first kappa shape index (κ1) is 22.4. The number of hydrogen-bond donors (Lipinski definition) is 3. The highest BCUT2D eigenvalue weighted by Crippen LogP contribution is 2.34. The summed E-state index contributed by atoms with van der Waals surface area (Å²) < 4.78 is 0. The van der Waals surface area contributed by atoms with Gasteiger partial charge in [0.15, 0.2) is 11.6 Å². The van der Waals surface area contributed by atoms with Crippen LogP contribution in [0.2, 0.25) is 0 Å². The summed E-state index contributed by atoms with van der Waals surface area (Å²) in [5.74, 6) is 1.23. The van der Waals surface area contributed by atoms with Gasteiger partial charge in [-0.3, -0.25) is 9.89 Å². The van der Waals surface area contributed by atoms with Crippen LogP contribution >= 0.6 is 0 Å². The van der Waals surface area contributed by atoms with Gasteiger partial charge in [0.05, 0.1) is 35.0 Å². The van der Waals surface area contributed by atoms with E-state index >= 15 is 0 Å². The molecule has 0 atom stereocenters. The number of carbonyl (C=O) groups is 1. The molecule has 0 aliphatic heterocycles. The Morgan fingerprint density at radius 1 is 0.973 bits per heavy atom. The molecule has 2 aromatic carbocycles. The topological polar surface area (TPSA) is 128 Å². The lowest BCUT2D eigenvalue weighted by Crippen LogP contribution is -2.11. The number of ketones is 1.